The Labute approximate surface area is 147 Å². The number of amides is 1. The Bertz CT molecular complexity index is 1070. The molecule has 7 nitrogen and oxygen atoms in total. The quantitative estimate of drug-likeness (QED) is 0.729. The molecular weight excluding hydrogens is 339 g/mol. The van der Waals surface area contributed by atoms with E-state index in [-0.39, 0.29) is 11.5 Å². The topological polar surface area (TPSA) is 91.2 Å². The smallest absolute Gasteiger partial charge is 0.255 e. The number of fused-ring (bicyclic) bond motifs is 2. The van der Waals surface area contributed by atoms with Gasteiger partial charge in [-0.25, -0.2) is 4.39 Å². The number of carbonyl (C=O) groups is 1. The molecule has 1 atom stereocenters. The zero-order chi connectivity index (χ0) is 18.4. The first-order valence-electron chi connectivity index (χ1n) is 8.29. The predicted molar refractivity (Wildman–Crippen MR) is 92.1 cm³/mol. The molecule has 1 amide bonds. The minimum Gasteiger partial charge on any atom is -0.387 e. The molecule has 1 aromatic carbocycles. The van der Waals surface area contributed by atoms with Gasteiger partial charge in [-0.05, 0) is 31.2 Å². The second kappa shape index (κ2) is 6.06. The van der Waals surface area contributed by atoms with Gasteiger partial charge in [0.1, 0.15) is 5.82 Å². The van der Waals surface area contributed by atoms with Crippen LogP contribution in [0, 0.1) is 5.82 Å². The van der Waals surface area contributed by atoms with Gasteiger partial charge in [-0.2, -0.15) is 5.10 Å². The Balaban J connectivity index is 1.71. The van der Waals surface area contributed by atoms with Crippen molar-refractivity contribution in [2.75, 3.05) is 6.54 Å². The number of nitrogens with one attached hydrogen (secondary N) is 1. The minimum atomic E-state index is -0.683. The molecule has 0 bridgehead atoms. The van der Waals surface area contributed by atoms with Crippen LogP contribution in [0.15, 0.2) is 35.1 Å². The third-order valence-electron chi connectivity index (χ3n) is 4.57. The zero-order valence-corrected chi connectivity index (χ0v) is 14.1. The maximum Gasteiger partial charge on any atom is 0.255 e. The standard InChI is InChI=1S/C18H17FN4O3/c1-10(24)16-7-12-9-22(4-5-23(12)21-16)18(26)14-8-17(25)20-15-3-2-11(19)6-13(14)15/h2-3,6-8,10,24H,4-5,9H2,1H3,(H,20,25)/t10-/m0/s1. The predicted octanol–water partition coefficient (Wildman–Crippen LogP) is 1.57. The van der Waals surface area contributed by atoms with Crippen LogP contribution in [0.25, 0.3) is 10.9 Å². The molecule has 4 rings (SSSR count). The van der Waals surface area contributed by atoms with Crippen molar-refractivity contribution in [2.45, 2.75) is 26.1 Å². The first-order chi connectivity index (χ1) is 12.4. The van der Waals surface area contributed by atoms with E-state index in [4.69, 9.17) is 0 Å². The van der Waals surface area contributed by atoms with Gasteiger partial charge in [0, 0.05) is 23.5 Å². The molecule has 0 saturated carbocycles. The van der Waals surface area contributed by atoms with Crippen LogP contribution in [0.5, 0.6) is 0 Å². The maximum atomic E-state index is 13.6. The van der Waals surface area contributed by atoms with Crippen molar-refractivity contribution in [1.82, 2.24) is 19.7 Å². The van der Waals surface area contributed by atoms with E-state index in [1.54, 1.807) is 22.6 Å². The van der Waals surface area contributed by atoms with Crippen LogP contribution in [0.1, 0.15) is 34.8 Å². The number of benzene rings is 1. The molecule has 8 heteroatoms. The fourth-order valence-corrected chi connectivity index (χ4v) is 3.24. The summed E-state index contributed by atoms with van der Waals surface area (Å²) < 4.78 is 15.4. The van der Waals surface area contributed by atoms with Crippen LogP contribution in [-0.2, 0) is 13.1 Å². The highest BCUT2D eigenvalue weighted by atomic mass is 19.1. The molecule has 3 aromatic rings. The lowest BCUT2D eigenvalue weighted by Gasteiger charge is -2.28. The summed E-state index contributed by atoms with van der Waals surface area (Å²) in [5.41, 5.74) is 1.54. The molecule has 0 spiro atoms. The third kappa shape index (κ3) is 2.78. The average Bonchev–Trinajstić information content (AvgIpc) is 3.04. The van der Waals surface area contributed by atoms with Crippen molar-refractivity contribution >= 4 is 16.8 Å². The monoisotopic (exact) mass is 356 g/mol. The largest absolute Gasteiger partial charge is 0.387 e. The lowest BCUT2D eigenvalue weighted by molar-refractivity contribution is 0.0707. The van der Waals surface area contributed by atoms with E-state index in [1.807, 2.05) is 0 Å². The molecule has 1 aliphatic heterocycles. The highest BCUT2D eigenvalue weighted by Gasteiger charge is 2.25. The highest BCUT2D eigenvalue weighted by Crippen LogP contribution is 2.22. The molecular formula is C18H17FN4O3. The van der Waals surface area contributed by atoms with Gasteiger partial charge in [-0.1, -0.05) is 0 Å². The molecule has 2 N–H and O–H groups in total. The number of aromatic amines is 1. The summed E-state index contributed by atoms with van der Waals surface area (Å²) in [6.45, 7) is 2.84. The maximum absolute atomic E-state index is 13.6. The van der Waals surface area contributed by atoms with Gasteiger partial charge in [0.15, 0.2) is 0 Å². The van der Waals surface area contributed by atoms with Crippen molar-refractivity contribution in [2.24, 2.45) is 0 Å². The zero-order valence-electron chi connectivity index (χ0n) is 14.1. The molecule has 134 valence electrons. The van der Waals surface area contributed by atoms with E-state index in [2.05, 4.69) is 10.1 Å². The second-order valence-corrected chi connectivity index (χ2v) is 6.42. The Morgan fingerprint density at radius 1 is 1.31 bits per heavy atom. The number of rotatable bonds is 2. The van der Waals surface area contributed by atoms with E-state index in [0.29, 0.717) is 36.2 Å². The first kappa shape index (κ1) is 16.5. The van der Waals surface area contributed by atoms with Crippen molar-refractivity contribution < 1.29 is 14.3 Å². The molecule has 2 aromatic heterocycles. The van der Waals surface area contributed by atoms with Crippen LogP contribution >= 0.6 is 0 Å². The van der Waals surface area contributed by atoms with Gasteiger partial charge < -0.3 is 15.0 Å². The number of halogens is 1. The van der Waals surface area contributed by atoms with Crippen molar-refractivity contribution in [1.29, 1.82) is 0 Å². The van der Waals surface area contributed by atoms with E-state index >= 15 is 0 Å². The SMILES string of the molecule is C[C@H](O)c1cc2n(n1)CCN(C(=O)c1cc(=O)[nH]c3ccc(F)cc13)C2. The number of carbonyl (C=O) groups excluding carboxylic acids is 1. The van der Waals surface area contributed by atoms with Crippen LogP contribution in [0.4, 0.5) is 4.39 Å². The second-order valence-electron chi connectivity index (χ2n) is 6.42. The number of aliphatic hydroxyl groups is 1. The summed E-state index contributed by atoms with van der Waals surface area (Å²) in [6.07, 6.45) is -0.683. The van der Waals surface area contributed by atoms with E-state index in [9.17, 15) is 19.1 Å². The summed E-state index contributed by atoms with van der Waals surface area (Å²) in [5, 5.41) is 14.4. The Kier molecular flexibility index (Phi) is 3.84. The van der Waals surface area contributed by atoms with E-state index < -0.39 is 17.5 Å². The van der Waals surface area contributed by atoms with E-state index in [0.717, 1.165) is 5.69 Å². The van der Waals surface area contributed by atoms with Gasteiger partial charge in [-0.15, -0.1) is 0 Å². The first-order valence-corrected chi connectivity index (χ1v) is 8.29. The van der Waals surface area contributed by atoms with Crippen molar-refractivity contribution in [3.8, 4) is 0 Å². The van der Waals surface area contributed by atoms with Crippen LogP contribution in [0.3, 0.4) is 0 Å². The number of nitrogens with zero attached hydrogens (tertiary/aromatic N) is 3. The number of pyridine rings is 1. The minimum absolute atomic E-state index is 0.173. The molecule has 3 heterocycles. The van der Waals surface area contributed by atoms with Crippen LogP contribution in [-0.4, -0.2) is 37.2 Å². The summed E-state index contributed by atoms with van der Waals surface area (Å²) in [7, 11) is 0. The Morgan fingerprint density at radius 3 is 2.88 bits per heavy atom. The number of aliphatic hydroxyl groups excluding tert-OH is 1. The molecule has 0 fully saturated rings. The fourth-order valence-electron chi connectivity index (χ4n) is 3.24. The normalized spacial score (nSPS) is 15.1. The van der Waals surface area contributed by atoms with Gasteiger partial charge >= 0.3 is 0 Å². The molecule has 0 unspecified atom stereocenters. The molecule has 0 aliphatic carbocycles. The molecule has 0 saturated heterocycles. The van der Waals surface area contributed by atoms with Crippen LogP contribution in [0.2, 0.25) is 0 Å². The molecule has 0 radical (unpaired) electrons. The number of hydrogen-bond donors (Lipinski definition) is 2. The van der Waals surface area contributed by atoms with E-state index in [1.165, 1.54) is 24.3 Å². The number of hydrogen-bond acceptors (Lipinski definition) is 4. The van der Waals surface area contributed by atoms with Gasteiger partial charge in [0.2, 0.25) is 5.56 Å². The van der Waals surface area contributed by atoms with Crippen molar-refractivity contribution in [3.63, 3.8) is 0 Å². The lowest BCUT2D eigenvalue weighted by atomic mass is 10.1. The van der Waals surface area contributed by atoms with Gasteiger partial charge in [-0.3, -0.25) is 14.3 Å². The fraction of sp³-hybridized carbons (Fsp3) is 0.278. The van der Waals surface area contributed by atoms with Gasteiger partial charge in [0.25, 0.3) is 5.91 Å². The lowest BCUT2D eigenvalue weighted by Crippen LogP contribution is -2.38. The summed E-state index contributed by atoms with van der Waals surface area (Å²) in [6, 6.07) is 6.90. The highest BCUT2D eigenvalue weighted by molar-refractivity contribution is 6.06. The Hall–Kier alpha value is -3.00. The molecule has 1 aliphatic rings. The average molecular weight is 356 g/mol. The third-order valence-corrected chi connectivity index (χ3v) is 4.57. The number of aromatic nitrogens is 3. The van der Waals surface area contributed by atoms with Gasteiger partial charge in [0.05, 0.1) is 36.1 Å². The Morgan fingerprint density at radius 2 is 2.12 bits per heavy atom. The summed E-state index contributed by atoms with van der Waals surface area (Å²) >= 11 is 0. The van der Waals surface area contributed by atoms with Crippen LogP contribution < -0.4 is 5.56 Å². The molecule has 26 heavy (non-hydrogen) atoms. The number of H-pyrrole nitrogens is 1. The summed E-state index contributed by atoms with van der Waals surface area (Å²) in [4.78, 5) is 29.1. The van der Waals surface area contributed by atoms with Crippen molar-refractivity contribution in [3.05, 3.63) is 63.5 Å². The summed E-state index contributed by atoms with van der Waals surface area (Å²) in [5.74, 6) is -0.811.